The summed E-state index contributed by atoms with van der Waals surface area (Å²) in [5, 5.41) is 0. The second-order valence-electron chi connectivity index (χ2n) is 12.3. The minimum atomic E-state index is 0. The number of benzene rings is 5. The van der Waals surface area contributed by atoms with Crippen LogP contribution in [-0.4, -0.2) is 30.8 Å². The van der Waals surface area contributed by atoms with Crippen LogP contribution in [0, 0.1) is 19.1 Å². The van der Waals surface area contributed by atoms with Gasteiger partial charge in [-0.2, -0.15) is 0 Å². The number of aryl methyl sites for hydroxylation is 1. The van der Waals surface area contributed by atoms with Crippen LogP contribution >= 0.6 is 0 Å². The van der Waals surface area contributed by atoms with E-state index in [0.29, 0.717) is 0 Å². The Labute approximate surface area is 302 Å². The summed E-state index contributed by atoms with van der Waals surface area (Å²) >= 11 is 0. The van der Waals surface area contributed by atoms with Gasteiger partial charge in [-0.25, -0.2) is 0 Å². The van der Waals surface area contributed by atoms with Crippen molar-refractivity contribution in [3.8, 4) is 33.6 Å². The molecule has 0 unspecified atom stereocenters. The predicted octanol–water partition coefficient (Wildman–Crippen LogP) is 7.75. The van der Waals surface area contributed by atoms with Gasteiger partial charge in [-0.15, -0.1) is 65.1 Å². The molecule has 4 nitrogen and oxygen atoms in total. The minimum absolute atomic E-state index is 0. The van der Waals surface area contributed by atoms with Crippen LogP contribution in [0.5, 0.6) is 0 Å². The molecule has 0 bridgehead atoms. The van der Waals surface area contributed by atoms with Gasteiger partial charge in [-0.3, -0.25) is 0 Å². The average molecular weight is 809 g/mol. The standard InChI is InChI=1S/C31H23BN3.C12H10N.Ir/c1-34-27-12-7-6-11-24(27)32-25-19-23(26-20-22(17-18-33-26)21-9-4-3-5-10-21)15-16-28(25)35(2)30-14-8-13-29(34)31(30)32;1-10-7-8-12(13-9-10)11-5-3-2-4-6-11;/h3-14,16-20H,1-2H3;2-5,7-9H,1H3;/q2*-1;. The largest absolute Gasteiger partial charge is 0.385 e. The Kier molecular flexibility index (Phi) is 9.01. The number of anilines is 4. The van der Waals surface area contributed by atoms with E-state index in [9.17, 15) is 0 Å². The van der Waals surface area contributed by atoms with Gasteiger partial charge < -0.3 is 19.8 Å². The maximum atomic E-state index is 4.73. The molecule has 2 aromatic heterocycles. The van der Waals surface area contributed by atoms with Crippen LogP contribution in [0.15, 0.2) is 146 Å². The van der Waals surface area contributed by atoms with Crippen LogP contribution in [0.3, 0.4) is 0 Å². The van der Waals surface area contributed by atoms with Crippen molar-refractivity contribution in [2.24, 2.45) is 0 Å². The van der Waals surface area contributed by atoms with Crippen molar-refractivity contribution in [3.05, 3.63) is 164 Å². The molecule has 0 aliphatic carbocycles. The van der Waals surface area contributed by atoms with Gasteiger partial charge in [-0.05, 0) is 75.9 Å². The molecule has 9 rings (SSSR count). The van der Waals surface area contributed by atoms with Crippen molar-refractivity contribution in [1.82, 2.24) is 9.97 Å². The van der Waals surface area contributed by atoms with Crippen molar-refractivity contribution < 1.29 is 20.1 Å². The monoisotopic (exact) mass is 809 g/mol. The van der Waals surface area contributed by atoms with Crippen LogP contribution in [0.25, 0.3) is 33.6 Å². The number of rotatable bonds is 3. The van der Waals surface area contributed by atoms with Crippen molar-refractivity contribution in [2.45, 2.75) is 6.92 Å². The molecular weight excluding hydrogens is 776 g/mol. The van der Waals surface area contributed by atoms with Gasteiger partial charge in [0.1, 0.15) is 0 Å². The molecule has 0 spiro atoms. The topological polar surface area (TPSA) is 32.3 Å². The fourth-order valence-electron chi connectivity index (χ4n) is 6.93. The first-order chi connectivity index (χ1) is 23.6. The molecular formula is C43H33BIrN4-2. The minimum Gasteiger partial charge on any atom is -0.385 e. The zero-order chi connectivity index (χ0) is 32.6. The first-order valence-corrected chi connectivity index (χ1v) is 16.2. The van der Waals surface area contributed by atoms with E-state index in [1.165, 1.54) is 50.3 Å². The Morgan fingerprint density at radius 1 is 0.571 bits per heavy atom. The van der Waals surface area contributed by atoms with Crippen LogP contribution in [0.2, 0.25) is 0 Å². The third-order valence-electron chi connectivity index (χ3n) is 9.35. The van der Waals surface area contributed by atoms with Gasteiger partial charge in [0.15, 0.2) is 0 Å². The maximum Gasteiger partial charge on any atom is 0.233 e. The smallest absolute Gasteiger partial charge is 0.233 e. The molecule has 49 heavy (non-hydrogen) atoms. The molecule has 0 N–H and O–H groups in total. The van der Waals surface area contributed by atoms with Crippen LogP contribution in [0.4, 0.5) is 22.7 Å². The molecule has 0 saturated heterocycles. The fourth-order valence-corrected chi connectivity index (χ4v) is 6.93. The molecule has 7 aromatic rings. The molecule has 2 aliphatic heterocycles. The van der Waals surface area contributed by atoms with Gasteiger partial charge in [0.25, 0.3) is 0 Å². The van der Waals surface area contributed by atoms with E-state index in [1.807, 2.05) is 55.7 Å². The van der Waals surface area contributed by atoms with E-state index in [2.05, 4.69) is 138 Å². The molecule has 0 atom stereocenters. The maximum absolute atomic E-state index is 4.73. The quantitative estimate of drug-likeness (QED) is 0.135. The number of nitrogens with zero attached hydrogens (tertiary/aromatic N) is 4. The molecule has 0 saturated carbocycles. The summed E-state index contributed by atoms with van der Waals surface area (Å²) in [6.45, 7) is 2.20. The van der Waals surface area contributed by atoms with Gasteiger partial charge in [0.2, 0.25) is 6.71 Å². The number of fused-ring (bicyclic) bond motifs is 4. The summed E-state index contributed by atoms with van der Waals surface area (Å²) in [4.78, 5) is 13.7. The molecule has 1 radical (unpaired) electrons. The zero-order valence-electron chi connectivity index (χ0n) is 27.6. The van der Waals surface area contributed by atoms with Gasteiger partial charge >= 0.3 is 0 Å². The fraction of sp³-hybridized carbons (Fsp3) is 0.0698. The molecule has 0 fully saturated rings. The zero-order valence-corrected chi connectivity index (χ0v) is 30.0. The predicted molar refractivity (Wildman–Crippen MR) is 201 cm³/mol. The Morgan fingerprint density at radius 2 is 1.31 bits per heavy atom. The summed E-state index contributed by atoms with van der Waals surface area (Å²) in [7, 11) is 4.33. The number of hydrogen-bond donors (Lipinski definition) is 0. The second kappa shape index (κ2) is 13.7. The van der Waals surface area contributed by atoms with Gasteiger partial charge in [0, 0.05) is 63.7 Å². The van der Waals surface area contributed by atoms with Crippen molar-refractivity contribution in [3.63, 3.8) is 0 Å². The van der Waals surface area contributed by atoms with E-state index in [0.717, 1.165) is 28.1 Å². The number of hydrogen-bond acceptors (Lipinski definition) is 4. The Balaban J connectivity index is 0.000000228. The summed E-state index contributed by atoms with van der Waals surface area (Å²) in [5.41, 5.74) is 16.5. The van der Waals surface area contributed by atoms with Crippen molar-refractivity contribution in [1.29, 1.82) is 0 Å². The average Bonchev–Trinajstić information content (AvgIpc) is 3.16. The molecule has 239 valence electrons. The summed E-state index contributed by atoms with van der Waals surface area (Å²) in [6.07, 6.45) is 3.77. The Bertz CT molecular complexity index is 2230. The molecule has 2 aliphatic rings. The van der Waals surface area contributed by atoms with Crippen molar-refractivity contribution in [2.75, 3.05) is 23.9 Å². The molecule has 0 amide bonds. The van der Waals surface area contributed by atoms with Crippen molar-refractivity contribution >= 4 is 45.9 Å². The summed E-state index contributed by atoms with van der Waals surface area (Å²) < 4.78 is 0. The molecule has 5 aromatic carbocycles. The molecule has 6 heteroatoms. The van der Waals surface area contributed by atoms with E-state index < -0.39 is 0 Å². The summed E-state index contributed by atoms with van der Waals surface area (Å²) in [5.74, 6) is 0. The number of pyridine rings is 2. The van der Waals surface area contributed by atoms with Gasteiger partial charge in [0.05, 0.1) is 0 Å². The summed E-state index contributed by atoms with van der Waals surface area (Å²) in [6, 6.07) is 53.2. The SMILES string of the molecule is CN1c2c[c-]c(-c3cc(-c4ccccc4)ccn3)cc2B2c3ccccc3N(C)c3cccc1c32.Cc1ccc(-c2[c-]cccc2)nc1.[Ir]. The first-order valence-electron chi connectivity index (χ1n) is 16.2. The van der Waals surface area contributed by atoms with Crippen LogP contribution in [-0.2, 0) is 20.1 Å². The number of aromatic nitrogens is 2. The third kappa shape index (κ3) is 5.99. The molecule has 4 heterocycles. The van der Waals surface area contributed by atoms with E-state index >= 15 is 0 Å². The normalized spacial score (nSPS) is 12.1. The Hall–Kier alpha value is -5.29. The van der Waals surface area contributed by atoms with E-state index in [4.69, 9.17) is 4.98 Å². The Morgan fingerprint density at radius 3 is 2.06 bits per heavy atom. The van der Waals surface area contributed by atoms with E-state index in [1.54, 1.807) is 0 Å². The van der Waals surface area contributed by atoms with E-state index in [-0.39, 0.29) is 26.8 Å². The number of para-hydroxylation sites is 1. The first kappa shape index (κ1) is 32.3. The van der Waals surface area contributed by atoms with Crippen LogP contribution in [0.1, 0.15) is 5.56 Å². The third-order valence-corrected chi connectivity index (χ3v) is 9.35. The second-order valence-corrected chi connectivity index (χ2v) is 12.3. The van der Waals surface area contributed by atoms with Crippen LogP contribution < -0.4 is 26.2 Å². The van der Waals surface area contributed by atoms with Gasteiger partial charge in [-0.1, -0.05) is 72.8 Å².